The summed E-state index contributed by atoms with van der Waals surface area (Å²) in [6.45, 7) is 3.92. The molecule has 0 atom stereocenters. The first-order chi connectivity index (χ1) is 12.0. The Balaban J connectivity index is 1.78. The second-order valence-corrected chi connectivity index (χ2v) is 6.43. The summed E-state index contributed by atoms with van der Waals surface area (Å²) in [6, 6.07) is 6.99. The van der Waals surface area contributed by atoms with Crippen LogP contribution in [0.3, 0.4) is 0 Å². The van der Waals surface area contributed by atoms with Crippen LogP contribution in [-0.2, 0) is 6.42 Å². The minimum atomic E-state index is -0.504. The SMILES string of the molecule is CC(C)Oc1ccc(-c2nsc(Cc3ncccc3C(N)=O)n2)nc1. The van der Waals surface area contributed by atoms with E-state index in [9.17, 15) is 4.79 Å². The van der Waals surface area contributed by atoms with Crippen LogP contribution in [0.1, 0.15) is 34.9 Å². The molecule has 0 aliphatic carbocycles. The summed E-state index contributed by atoms with van der Waals surface area (Å²) in [7, 11) is 0. The van der Waals surface area contributed by atoms with Crippen LogP contribution < -0.4 is 10.5 Å². The van der Waals surface area contributed by atoms with E-state index in [0.29, 0.717) is 34.9 Å². The van der Waals surface area contributed by atoms with Crippen molar-refractivity contribution in [2.45, 2.75) is 26.4 Å². The van der Waals surface area contributed by atoms with Gasteiger partial charge in [0.2, 0.25) is 0 Å². The highest BCUT2D eigenvalue weighted by atomic mass is 32.1. The molecule has 0 bridgehead atoms. The number of primary amides is 1. The highest BCUT2D eigenvalue weighted by molar-refractivity contribution is 7.05. The van der Waals surface area contributed by atoms with E-state index in [4.69, 9.17) is 10.5 Å². The van der Waals surface area contributed by atoms with Gasteiger partial charge in [0.05, 0.1) is 23.6 Å². The molecule has 0 radical (unpaired) electrons. The van der Waals surface area contributed by atoms with Crippen LogP contribution >= 0.6 is 11.5 Å². The maximum atomic E-state index is 11.5. The van der Waals surface area contributed by atoms with Crippen molar-refractivity contribution in [1.82, 2.24) is 19.3 Å². The molecular weight excluding hydrogens is 338 g/mol. The third kappa shape index (κ3) is 4.16. The summed E-state index contributed by atoms with van der Waals surface area (Å²) in [4.78, 5) is 24.5. The number of carbonyl (C=O) groups is 1. The molecule has 0 spiro atoms. The van der Waals surface area contributed by atoms with Gasteiger partial charge >= 0.3 is 0 Å². The van der Waals surface area contributed by atoms with E-state index in [0.717, 1.165) is 5.01 Å². The molecule has 0 saturated heterocycles. The minimum absolute atomic E-state index is 0.0921. The molecule has 0 fully saturated rings. The molecule has 128 valence electrons. The molecular formula is C17H17N5O2S. The lowest BCUT2D eigenvalue weighted by atomic mass is 10.1. The largest absolute Gasteiger partial charge is 0.489 e. The number of hydrogen-bond donors (Lipinski definition) is 1. The Hall–Kier alpha value is -2.87. The van der Waals surface area contributed by atoms with Crippen LogP contribution in [0.4, 0.5) is 0 Å². The molecule has 2 N–H and O–H groups in total. The fourth-order valence-electron chi connectivity index (χ4n) is 2.23. The topological polar surface area (TPSA) is 104 Å². The molecule has 0 aromatic carbocycles. The number of rotatable bonds is 6. The number of amides is 1. The normalized spacial score (nSPS) is 10.8. The molecule has 8 heteroatoms. The highest BCUT2D eigenvalue weighted by Crippen LogP contribution is 2.21. The number of nitrogens with two attached hydrogens (primary N) is 1. The standard InChI is InChI=1S/C17H17N5O2S/c1-10(2)24-11-5-6-13(20-9-11)17-21-15(25-22-17)8-14-12(16(18)23)4-3-7-19-14/h3-7,9-10H,8H2,1-2H3,(H2,18,23). The fraction of sp³-hybridized carbons (Fsp3) is 0.235. The summed E-state index contributed by atoms with van der Waals surface area (Å²) in [6.07, 6.45) is 3.76. The minimum Gasteiger partial charge on any atom is -0.489 e. The summed E-state index contributed by atoms with van der Waals surface area (Å²) in [5, 5.41) is 0.737. The third-order valence-corrected chi connectivity index (χ3v) is 3.99. The number of ether oxygens (including phenoxy) is 1. The Morgan fingerprint density at radius 3 is 2.80 bits per heavy atom. The van der Waals surface area contributed by atoms with Crippen molar-refractivity contribution < 1.29 is 9.53 Å². The van der Waals surface area contributed by atoms with Gasteiger partial charge in [-0.25, -0.2) is 9.97 Å². The quantitative estimate of drug-likeness (QED) is 0.728. The van der Waals surface area contributed by atoms with E-state index < -0.39 is 5.91 Å². The number of nitrogens with zero attached hydrogens (tertiary/aromatic N) is 4. The lowest BCUT2D eigenvalue weighted by molar-refractivity contribution is 0.0999. The maximum Gasteiger partial charge on any atom is 0.250 e. The smallest absolute Gasteiger partial charge is 0.250 e. The van der Waals surface area contributed by atoms with E-state index in [1.54, 1.807) is 24.5 Å². The van der Waals surface area contributed by atoms with Crippen LogP contribution in [-0.4, -0.2) is 31.3 Å². The first kappa shape index (κ1) is 17.0. The van der Waals surface area contributed by atoms with Crippen LogP contribution in [0.25, 0.3) is 11.5 Å². The van der Waals surface area contributed by atoms with Gasteiger partial charge < -0.3 is 10.5 Å². The molecule has 0 aliphatic heterocycles. The highest BCUT2D eigenvalue weighted by Gasteiger charge is 2.14. The molecule has 25 heavy (non-hydrogen) atoms. The van der Waals surface area contributed by atoms with E-state index in [1.165, 1.54) is 11.5 Å². The first-order valence-electron chi connectivity index (χ1n) is 7.72. The third-order valence-electron chi connectivity index (χ3n) is 3.28. The Kier molecular flexibility index (Phi) is 4.99. The van der Waals surface area contributed by atoms with E-state index >= 15 is 0 Å². The molecule has 3 aromatic heterocycles. The van der Waals surface area contributed by atoms with Crippen molar-refractivity contribution in [2.75, 3.05) is 0 Å². The van der Waals surface area contributed by atoms with Crippen LogP contribution in [0, 0.1) is 0 Å². The van der Waals surface area contributed by atoms with Gasteiger partial charge in [-0.05, 0) is 49.6 Å². The molecule has 0 saturated carbocycles. The number of aromatic nitrogens is 4. The van der Waals surface area contributed by atoms with E-state index in [2.05, 4.69) is 19.3 Å². The predicted octanol–water partition coefficient (Wildman–Crippen LogP) is 2.47. The molecule has 3 aromatic rings. The lowest BCUT2D eigenvalue weighted by Gasteiger charge is -2.08. The molecule has 3 rings (SSSR count). The molecule has 1 amide bonds. The van der Waals surface area contributed by atoms with Crippen LogP contribution in [0.15, 0.2) is 36.7 Å². The second kappa shape index (κ2) is 7.35. The van der Waals surface area contributed by atoms with Gasteiger partial charge in [-0.15, -0.1) is 0 Å². The number of hydrogen-bond acceptors (Lipinski definition) is 7. The van der Waals surface area contributed by atoms with Gasteiger partial charge in [0.25, 0.3) is 5.91 Å². The Labute approximate surface area is 149 Å². The lowest BCUT2D eigenvalue weighted by Crippen LogP contribution is -2.14. The van der Waals surface area contributed by atoms with Crippen molar-refractivity contribution in [3.8, 4) is 17.3 Å². The number of pyridine rings is 2. The summed E-state index contributed by atoms with van der Waals surface area (Å²) < 4.78 is 9.90. The first-order valence-corrected chi connectivity index (χ1v) is 8.49. The summed E-state index contributed by atoms with van der Waals surface area (Å²) in [5.74, 6) is 0.733. The van der Waals surface area contributed by atoms with E-state index in [-0.39, 0.29) is 6.10 Å². The molecule has 0 aliphatic rings. The van der Waals surface area contributed by atoms with Crippen molar-refractivity contribution in [2.24, 2.45) is 5.73 Å². The van der Waals surface area contributed by atoms with Gasteiger partial charge in [0, 0.05) is 12.6 Å². The zero-order valence-corrected chi connectivity index (χ0v) is 14.7. The average molecular weight is 355 g/mol. The van der Waals surface area contributed by atoms with Crippen molar-refractivity contribution >= 4 is 17.4 Å². The van der Waals surface area contributed by atoms with Crippen molar-refractivity contribution in [3.63, 3.8) is 0 Å². The maximum absolute atomic E-state index is 11.5. The van der Waals surface area contributed by atoms with Gasteiger partial charge in [-0.2, -0.15) is 4.37 Å². The molecule has 3 heterocycles. The second-order valence-electron chi connectivity index (χ2n) is 5.60. The molecule has 0 unspecified atom stereocenters. The van der Waals surface area contributed by atoms with Crippen LogP contribution in [0.2, 0.25) is 0 Å². The molecule has 7 nitrogen and oxygen atoms in total. The predicted molar refractivity (Wildman–Crippen MR) is 94.5 cm³/mol. The van der Waals surface area contributed by atoms with Gasteiger partial charge in [-0.1, -0.05) is 0 Å². The summed E-state index contributed by atoms with van der Waals surface area (Å²) in [5.41, 5.74) is 7.03. The van der Waals surface area contributed by atoms with Crippen LogP contribution in [0.5, 0.6) is 5.75 Å². The Morgan fingerprint density at radius 1 is 1.28 bits per heavy atom. The monoisotopic (exact) mass is 355 g/mol. The Morgan fingerprint density at radius 2 is 2.12 bits per heavy atom. The summed E-state index contributed by atoms with van der Waals surface area (Å²) >= 11 is 1.25. The van der Waals surface area contributed by atoms with E-state index in [1.807, 2.05) is 26.0 Å². The van der Waals surface area contributed by atoms with Gasteiger partial charge in [-0.3, -0.25) is 9.78 Å². The fourth-order valence-corrected chi connectivity index (χ4v) is 2.89. The Bertz CT molecular complexity index is 877. The van der Waals surface area contributed by atoms with Gasteiger partial charge in [0.1, 0.15) is 16.5 Å². The number of carbonyl (C=O) groups excluding carboxylic acids is 1. The van der Waals surface area contributed by atoms with Crippen molar-refractivity contribution in [1.29, 1.82) is 0 Å². The zero-order chi connectivity index (χ0) is 17.8. The zero-order valence-electron chi connectivity index (χ0n) is 13.8. The average Bonchev–Trinajstić information content (AvgIpc) is 3.04. The van der Waals surface area contributed by atoms with Gasteiger partial charge in [0.15, 0.2) is 5.82 Å². The van der Waals surface area contributed by atoms with Crippen molar-refractivity contribution in [3.05, 3.63) is 52.9 Å².